The van der Waals surface area contributed by atoms with E-state index in [-0.39, 0.29) is 17.4 Å². The predicted molar refractivity (Wildman–Crippen MR) is 127 cm³/mol. The number of hydrogen-bond acceptors (Lipinski definition) is 3. The first-order chi connectivity index (χ1) is 15.0. The quantitative estimate of drug-likeness (QED) is 0.665. The van der Waals surface area contributed by atoms with Crippen LogP contribution in [0, 0.1) is 28.6 Å². The number of amides is 1. The van der Waals surface area contributed by atoms with Crippen molar-refractivity contribution in [3.8, 4) is 0 Å². The highest BCUT2D eigenvalue weighted by Crippen LogP contribution is 2.64. The Morgan fingerprint density at radius 2 is 1.75 bits per heavy atom. The number of hydrogen-bond donors (Lipinski definition) is 1. The smallest absolute Gasteiger partial charge is 0.268 e. The van der Waals surface area contributed by atoms with Crippen LogP contribution in [-0.4, -0.2) is 31.6 Å². The summed E-state index contributed by atoms with van der Waals surface area (Å²) in [6, 6.07) is 7.09. The van der Waals surface area contributed by atoms with Crippen molar-refractivity contribution in [2.24, 2.45) is 28.6 Å². The normalized spacial score (nSPS) is 39.2. The van der Waals surface area contributed by atoms with Crippen LogP contribution in [0.25, 0.3) is 5.57 Å². The molecule has 174 valence electrons. The van der Waals surface area contributed by atoms with Gasteiger partial charge in [0.15, 0.2) is 0 Å². The molecule has 5 rings (SSSR count). The van der Waals surface area contributed by atoms with Crippen LogP contribution in [0.15, 0.2) is 30.3 Å². The van der Waals surface area contributed by atoms with E-state index in [4.69, 9.17) is 11.6 Å². The van der Waals surface area contributed by atoms with Crippen LogP contribution in [0.2, 0.25) is 5.02 Å². The van der Waals surface area contributed by atoms with E-state index in [0.717, 1.165) is 37.0 Å². The molecule has 1 N–H and O–H groups in total. The van der Waals surface area contributed by atoms with Gasteiger partial charge in [-0.15, -0.1) is 4.83 Å². The minimum atomic E-state index is -3.59. The molecule has 6 atom stereocenters. The summed E-state index contributed by atoms with van der Waals surface area (Å²) in [6.45, 7) is 4.73. The van der Waals surface area contributed by atoms with E-state index in [1.165, 1.54) is 30.7 Å². The summed E-state index contributed by atoms with van der Waals surface area (Å²) < 4.78 is 24.5. The Bertz CT molecular complexity index is 1070. The molecular weight excluding hydrogens is 444 g/mol. The van der Waals surface area contributed by atoms with Crippen molar-refractivity contribution >= 4 is 33.1 Å². The van der Waals surface area contributed by atoms with E-state index >= 15 is 0 Å². The van der Waals surface area contributed by atoms with Gasteiger partial charge < -0.3 is 0 Å². The van der Waals surface area contributed by atoms with Gasteiger partial charge in [0.2, 0.25) is 10.0 Å². The molecule has 7 heteroatoms. The number of sulfonamides is 1. The lowest BCUT2D eigenvalue weighted by molar-refractivity contribution is -0.142. The Balaban J connectivity index is 1.61. The lowest BCUT2D eigenvalue weighted by atomic mass is 9.48. The summed E-state index contributed by atoms with van der Waals surface area (Å²) >= 11 is 6.09. The molecule has 1 aromatic rings. The van der Waals surface area contributed by atoms with Gasteiger partial charge in [-0.05, 0) is 79.4 Å². The maximum absolute atomic E-state index is 13.6. The van der Waals surface area contributed by atoms with Crippen molar-refractivity contribution < 1.29 is 13.2 Å². The van der Waals surface area contributed by atoms with E-state index in [1.807, 2.05) is 12.1 Å². The molecule has 3 fully saturated rings. The van der Waals surface area contributed by atoms with Gasteiger partial charge in [0.25, 0.3) is 5.91 Å². The van der Waals surface area contributed by atoms with Crippen LogP contribution in [0.3, 0.4) is 0 Å². The van der Waals surface area contributed by atoms with Crippen LogP contribution in [0.4, 0.5) is 0 Å². The maximum atomic E-state index is 13.6. The number of carbonyl (C=O) groups is 1. The molecule has 3 aliphatic carbocycles. The minimum Gasteiger partial charge on any atom is -0.268 e. The lowest BCUT2D eigenvalue weighted by Crippen LogP contribution is -2.64. The average Bonchev–Trinajstić information content (AvgIpc) is 3.12. The molecule has 0 aromatic heterocycles. The first kappa shape index (κ1) is 22.4. The summed E-state index contributed by atoms with van der Waals surface area (Å²) in [5.41, 5.74) is 1.51. The first-order valence-electron chi connectivity index (χ1n) is 11.8. The Kier molecular flexibility index (Phi) is 5.31. The number of carbonyl (C=O) groups excluding carboxylic acids is 1. The summed E-state index contributed by atoms with van der Waals surface area (Å²) in [7, 11) is -3.59. The van der Waals surface area contributed by atoms with Crippen molar-refractivity contribution in [3.05, 3.63) is 40.9 Å². The minimum absolute atomic E-state index is 0.173. The second kappa shape index (κ2) is 7.57. The summed E-state index contributed by atoms with van der Waals surface area (Å²) in [6.07, 6.45) is 11.5. The van der Waals surface area contributed by atoms with Crippen LogP contribution in [0.1, 0.15) is 64.4 Å². The van der Waals surface area contributed by atoms with Gasteiger partial charge in [-0.3, -0.25) is 9.80 Å². The van der Waals surface area contributed by atoms with Gasteiger partial charge >= 0.3 is 0 Å². The zero-order valence-electron chi connectivity index (χ0n) is 19.1. The van der Waals surface area contributed by atoms with E-state index in [2.05, 4.69) is 24.8 Å². The molecule has 1 heterocycles. The van der Waals surface area contributed by atoms with Crippen LogP contribution in [-0.2, 0) is 14.8 Å². The van der Waals surface area contributed by atoms with Crippen LogP contribution >= 0.6 is 11.6 Å². The van der Waals surface area contributed by atoms with E-state index < -0.39 is 10.0 Å². The fourth-order valence-electron chi connectivity index (χ4n) is 7.74. The molecule has 1 unspecified atom stereocenters. The lowest BCUT2D eigenvalue weighted by Gasteiger charge is -2.60. The maximum Gasteiger partial charge on any atom is 0.269 e. The van der Waals surface area contributed by atoms with Crippen molar-refractivity contribution in [2.45, 2.75) is 64.8 Å². The summed E-state index contributed by atoms with van der Waals surface area (Å²) in [5, 5.41) is 2.04. The summed E-state index contributed by atoms with van der Waals surface area (Å²) in [5.74, 6) is 1.53. The highest BCUT2D eigenvalue weighted by Gasteiger charge is 2.59. The molecule has 5 nitrogen and oxygen atoms in total. The van der Waals surface area contributed by atoms with Gasteiger partial charge in [0, 0.05) is 16.0 Å². The second-order valence-corrected chi connectivity index (χ2v) is 13.2. The van der Waals surface area contributed by atoms with Gasteiger partial charge in [0.1, 0.15) is 0 Å². The number of nitrogens with zero attached hydrogens (tertiary/aromatic N) is 1. The SMILES string of the molecule is C[C@@]12CCC[C@H]1[C@@H]1CCC3N(NS(C)(=O)=O)C(=O)C(c4ccc(Cl)cc4)=C[C@]3(C)[C@@H]1CC2. The number of fused-ring (bicyclic) bond motifs is 5. The molecule has 1 aliphatic heterocycles. The van der Waals surface area contributed by atoms with Crippen molar-refractivity contribution in [2.75, 3.05) is 6.26 Å². The topological polar surface area (TPSA) is 66.5 Å². The number of halogens is 1. The molecule has 32 heavy (non-hydrogen) atoms. The summed E-state index contributed by atoms with van der Waals surface area (Å²) in [4.78, 5) is 16.2. The zero-order valence-corrected chi connectivity index (χ0v) is 20.7. The Morgan fingerprint density at radius 1 is 1.03 bits per heavy atom. The van der Waals surface area contributed by atoms with Gasteiger partial charge in [-0.25, -0.2) is 8.42 Å². The Hall–Kier alpha value is -1.37. The predicted octanol–water partition coefficient (Wildman–Crippen LogP) is 5.03. The average molecular weight is 477 g/mol. The molecule has 4 aliphatic rings. The fraction of sp³-hybridized carbons (Fsp3) is 0.640. The molecule has 0 saturated heterocycles. The highest BCUT2D eigenvalue weighted by molar-refractivity contribution is 7.88. The molecular formula is C25H33ClN2O3S. The standard InChI is InChI=1S/C25H33ClN2O3S/c1-24-13-4-5-20(24)18-10-11-22-25(2,21(18)12-14-24)15-19(16-6-8-17(26)9-7-16)23(29)28(22)27-32(3,30)31/h6-9,15,18,20-22,27H,4-5,10-14H2,1-3H3/t18-,20-,21+,22?,24-,25+/m0/s1. The van der Waals surface area contributed by atoms with Gasteiger partial charge in [0.05, 0.1) is 12.3 Å². The Morgan fingerprint density at radius 3 is 2.44 bits per heavy atom. The van der Waals surface area contributed by atoms with Crippen molar-refractivity contribution in [1.29, 1.82) is 0 Å². The molecule has 3 saturated carbocycles. The van der Waals surface area contributed by atoms with Gasteiger partial charge in [-0.2, -0.15) is 0 Å². The highest BCUT2D eigenvalue weighted by atomic mass is 35.5. The fourth-order valence-corrected chi connectivity index (χ4v) is 8.43. The van der Waals surface area contributed by atoms with Crippen molar-refractivity contribution in [1.82, 2.24) is 9.84 Å². The molecule has 1 aromatic carbocycles. The number of nitrogens with one attached hydrogen (secondary N) is 1. The number of benzene rings is 1. The van der Waals surface area contributed by atoms with E-state index in [9.17, 15) is 13.2 Å². The Labute approximate surface area is 196 Å². The van der Waals surface area contributed by atoms with Crippen LogP contribution in [0.5, 0.6) is 0 Å². The molecule has 0 spiro atoms. The zero-order chi connectivity index (χ0) is 22.9. The molecule has 0 bridgehead atoms. The third kappa shape index (κ3) is 3.54. The first-order valence-corrected chi connectivity index (χ1v) is 14.1. The third-order valence-electron chi connectivity index (χ3n) is 9.14. The largest absolute Gasteiger partial charge is 0.269 e. The number of hydrazine groups is 1. The second-order valence-electron chi connectivity index (χ2n) is 11.0. The van der Waals surface area contributed by atoms with E-state index in [1.54, 1.807) is 12.1 Å². The number of rotatable bonds is 3. The van der Waals surface area contributed by atoms with Gasteiger partial charge in [-0.1, -0.05) is 50.1 Å². The van der Waals surface area contributed by atoms with Crippen molar-refractivity contribution in [3.63, 3.8) is 0 Å². The third-order valence-corrected chi connectivity index (χ3v) is 9.92. The van der Waals surface area contributed by atoms with E-state index in [0.29, 0.717) is 27.8 Å². The monoisotopic (exact) mass is 476 g/mol. The molecule has 0 radical (unpaired) electrons. The molecule has 1 amide bonds. The van der Waals surface area contributed by atoms with Crippen LogP contribution < -0.4 is 4.83 Å².